The van der Waals surface area contributed by atoms with E-state index in [-0.39, 0.29) is 11.7 Å². The number of aromatic nitrogens is 2. The SMILES string of the molecule is COC(=O)c1ccc2c(c1)CCN2C(=O)c1cnc(SC)n1-c1ccc(F)cc1. The summed E-state index contributed by atoms with van der Waals surface area (Å²) in [6.07, 6.45) is 4.06. The molecule has 1 amide bonds. The number of halogens is 1. The number of hydrogen-bond acceptors (Lipinski definition) is 5. The van der Waals surface area contributed by atoms with Gasteiger partial charge >= 0.3 is 5.97 Å². The minimum absolute atomic E-state index is 0.202. The van der Waals surface area contributed by atoms with Crippen LogP contribution in [0.2, 0.25) is 0 Å². The van der Waals surface area contributed by atoms with Crippen LogP contribution >= 0.6 is 11.8 Å². The first kappa shape index (κ1) is 19.2. The first-order valence-corrected chi connectivity index (χ1v) is 10.2. The number of hydrogen-bond donors (Lipinski definition) is 0. The number of esters is 1. The zero-order valence-corrected chi connectivity index (χ0v) is 16.7. The highest BCUT2D eigenvalue weighted by Gasteiger charge is 2.29. The Morgan fingerprint density at radius 2 is 1.93 bits per heavy atom. The molecule has 2 aromatic carbocycles. The molecule has 1 aliphatic heterocycles. The molecule has 0 saturated carbocycles. The second-order valence-corrected chi connectivity index (χ2v) is 7.26. The van der Waals surface area contributed by atoms with Gasteiger partial charge in [0, 0.05) is 17.9 Å². The number of amides is 1. The van der Waals surface area contributed by atoms with Crippen molar-refractivity contribution in [2.45, 2.75) is 11.6 Å². The van der Waals surface area contributed by atoms with Gasteiger partial charge in [-0.1, -0.05) is 11.8 Å². The summed E-state index contributed by atoms with van der Waals surface area (Å²) in [7, 11) is 1.34. The second-order valence-electron chi connectivity index (χ2n) is 6.48. The number of fused-ring (bicyclic) bond motifs is 1. The zero-order chi connectivity index (χ0) is 20.5. The van der Waals surface area contributed by atoms with E-state index in [0.29, 0.717) is 35.1 Å². The Bertz CT molecular complexity index is 1100. The van der Waals surface area contributed by atoms with E-state index in [4.69, 9.17) is 4.74 Å². The zero-order valence-electron chi connectivity index (χ0n) is 15.9. The molecule has 0 bridgehead atoms. The van der Waals surface area contributed by atoms with Crippen molar-refractivity contribution < 1.29 is 18.7 Å². The number of carbonyl (C=O) groups excluding carboxylic acids is 2. The van der Waals surface area contributed by atoms with E-state index in [2.05, 4.69) is 4.98 Å². The van der Waals surface area contributed by atoms with Crippen molar-refractivity contribution in [2.24, 2.45) is 0 Å². The maximum Gasteiger partial charge on any atom is 0.337 e. The molecule has 0 atom stereocenters. The van der Waals surface area contributed by atoms with Crippen molar-refractivity contribution in [3.8, 4) is 5.69 Å². The number of carbonyl (C=O) groups is 2. The fourth-order valence-corrected chi connectivity index (χ4v) is 4.01. The molecular formula is C21H18FN3O3S. The molecule has 3 aromatic rings. The molecule has 0 spiro atoms. The number of thioether (sulfide) groups is 1. The van der Waals surface area contributed by atoms with Gasteiger partial charge in [-0.05, 0) is 60.7 Å². The van der Waals surface area contributed by atoms with E-state index in [1.165, 1.54) is 31.0 Å². The van der Waals surface area contributed by atoms with E-state index in [1.807, 2.05) is 6.26 Å². The smallest absolute Gasteiger partial charge is 0.337 e. The van der Waals surface area contributed by atoms with Crippen molar-refractivity contribution >= 4 is 29.3 Å². The van der Waals surface area contributed by atoms with E-state index in [0.717, 1.165) is 11.3 Å². The van der Waals surface area contributed by atoms with Crippen molar-refractivity contribution in [1.82, 2.24) is 9.55 Å². The third-order valence-corrected chi connectivity index (χ3v) is 5.51. The van der Waals surface area contributed by atoms with Gasteiger partial charge in [0.2, 0.25) is 0 Å². The Balaban J connectivity index is 1.71. The Kier molecular flexibility index (Phi) is 5.10. The minimum Gasteiger partial charge on any atom is -0.465 e. The van der Waals surface area contributed by atoms with Gasteiger partial charge in [-0.3, -0.25) is 9.36 Å². The summed E-state index contributed by atoms with van der Waals surface area (Å²) in [6.45, 7) is 0.502. The van der Waals surface area contributed by atoms with Gasteiger partial charge in [0.25, 0.3) is 5.91 Å². The van der Waals surface area contributed by atoms with E-state index < -0.39 is 5.97 Å². The molecule has 6 nitrogen and oxygen atoms in total. The highest BCUT2D eigenvalue weighted by molar-refractivity contribution is 7.98. The number of ether oxygens (including phenoxy) is 1. The normalized spacial score (nSPS) is 12.7. The lowest BCUT2D eigenvalue weighted by Gasteiger charge is -2.19. The van der Waals surface area contributed by atoms with Gasteiger partial charge < -0.3 is 9.64 Å². The maximum absolute atomic E-state index is 13.4. The number of nitrogens with zero attached hydrogens (tertiary/aromatic N) is 3. The second kappa shape index (κ2) is 7.71. The number of methoxy groups -OCH3 is 1. The average molecular weight is 411 g/mol. The molecular weight excluding hydrogens is 393 g/mol. The van der Waals surface area contributed by atoms with Crippen LogP contribution in [0.3, 0.4) is 0 Å². The topological polar surface area (TPSA) is 64.4 Å². The van der Waals surface area contributed by atoms with Crippen molar-refractivity contribution in [2.75, 3.05) is 24.8 Å². The molecule has 8 heteroatoms. The van der Waals surface area contributed by atoms with Crippen LogP contribution in [-0.2, 0) is 11.2 Å². The monoisotopic (exact) mass is 411 g/mol. The van der Waals surface area contributed by atoms with Gasteiger partial charge in [-0.25, -0.2) is 14.2 Å². The lowest BCUT2D eigenvalue weighted by Crippen LogP contribution is -2.30. The van der Waals surface area contributed by atoms with Gasteiger partial charge in [0.05, 0.1) is 18.9 Å². The first-order chi connectivity index (χ1) is 14.0. The maximum atomic E-state index is 13.4. The molecule has 148 valence electrons. The quantitative estimate of drug-likeness (QED) is 0.484. The van der Waals surface area contributed by atoms with Gasteiger partial charge in [0.15, 0.2) is 5.16 Å². The lowest BCUT2D eigenvalue weighted by atomic mass is 10.1. The van der Waals surface area contributed by atoms with Crippen LogP contribution in [0.1, 0.15) is 26.4 Å². The van der Waals surface area contributed by atoms with Crippen LogP contribution in [0.5, 0.6) is 0 Å². The first-order valence-electron chi connectivity index (χ1n) is 8.94. The van der Waals surface area contributed by atoms with Crippen molar-refractivity contribution in [1.29, 1.82) is 0 Å². The predicted molar refractivity (Wildman–Crippen MR) is 108 cm³/mol. The van der Waals surface area contributed by atoms with E-state index in [9.17, 15) is 14.0 Å². The molecule has 0 radical (unpaired) electrons. The highest BCUT2D eigenvalue weighted by atomic mass is 32.2. The third kappa shape index (κ3) is 3.40. The molecule has 4 rings (SSSR count). The summed E-state index contributed by atoms with van der Waals surface area (Å²) in [5, 5.41) is 0.639. The predicted octanol–water partition coefficient (Wildman–Crippen LogP) is 3.72. The number of benzene rings is 2. The fourth-order valence-electron chi connectivity index (χ4n) is 3.47. The van der Waals surface area contributed by atoms with Crippen LogP contribution in [0.4, 0.5) is 10.1 Å². The molecule has 0 aliphatic carbocycles. The molecule has 29 heavy (non-hydrogen) atoms. The molecule has 0 unspecified atom stereocenters. The molecule has 0 fully saturated rings. The van der Waals surface area contributed by atoms with Crippen LogP contribution in [0, 0.1) is 5.82 Å². The van der Waals surface area contributed by atoms with Crippen molar-refractivity contribution in [3.05, 3.63) is 71.3 Å². The minimum atomic E-state index is -0.406. The molecule has 0 saturated heterocycles. The van der Waals surface area contributed by atoms with Crippen LogP contribution in [0.25, 0.3) is 5.69 Å². The number of rotatable bonds is 4. The third-order valence-electron chi connectivity index (χ3n) is 4.86. The van der Waals surface area contributed by atoms with Crippen LogP contribution in [-0.4, -0.2) is 41.3 Å². The van der Waals surface area contributed by atoms with Gasteiger partial charge in [0.1, 0.15) is 11.5 Å². The summed E-state index contributed by atoms with van der Waals surface area (Å²) < 4.78 is 19.9. The van der Waals surface area contributed by atoms with Crippen LogP contribution < -0.4 is 4.90 Å². The Hall–Kier alpha value is -3.13. The summed E-state index contributed by atoms with van der Waals surface area (Å²) in [6, 6.07) is 11.1. The number of anilines is 1. The van der Waals surface area contributed by atoms with Crippen molar-refractivity contribution in [3.63, 3.8) is 0 Å². The Morgan fingerprint density at radius 1 is 1.17 bits per heavy atom. The van der Waals surface area contributed by atoms with E-state index >= 15 is 0 Å². The number of imidazole rings is 1. The van der Waals surface area contributed by atoms with Gasteiger partial charge in [-0.15, -0.1) is 0 Å². The molecule has 1 aromatic heterocycles. The van der Waals surface area contributed by atoms with Crippen LogP contribution in [0.15, 0.2) is 53.8 Å². The average Bonchev–Trinajstić information content (AvgIpc) is 3.37. The Morgan fingerprint density at radius 3 is 2.62 bits per heavy atom. The Labute approximate surface area is 171 Å². The standard InChI is InChI=1S/C21H18FN3O3S/c1-28-20(27)14-3-8-17-13(11-14)9-10-24(17)19(26)18-12-23-21(29-2)25(18)16-6-4-15(22)5-7-16/h3-8,11-12H,9-10H2,1-2H3. The summed E-state index contributed by atoms with van der Waals surface area (Å²) >= 11 is 1.40. The summed E-state index contributed by atoms with van der Waals surface area (Å²) in [5.41, 5.74) is 3.20. The van der Waals surface area contributed by atoms with E-state index in [1.54, 1.807) is 46.0 Å². The lowest BCUT2D eigenvalue weighted by molar-refractivity contribution is 0.0600. The summed E-state index contributed by atoms with van der Waals surface area (Å²) in [4.78, 5) is 31.2. The van der Waals surface area contributed by atoms with Gasteiger partial charge in [-0.2, -0.15) is 0 Å². The summed E-state index contributed by atoms with van der Waals surface area (Å²) in [5.74, 6) is -0.953. The molecule has 0 N–H and O–H groups in total. The fraction of sp³-hybridized carbons (Fsp3) is 0.190. The highest BCUT2D eigenvalue weighted by Crippen LogP contribution is 2.32. The molecule has 1 aliphatic rings. The largest absolute Gasteiger partial charge is 0.465 e. The molecule has 2 heterocycles.